The molecule has 8 heteroatoms. The van der Waals surface area contributed by atoms with Crippen LogP contribution in [-0.4, -0.2) is 37.8 Å². The third-order valence-electron chi connectivity index (χ3n) is 2.60. The molecular weight excluding hydrogens is 288 g/mol. The largest absolute Gasteiger partial charge is 0.495 e. The molecule has 6 nitrogen and oxygen atoms in total. The molecule has 2 unspecified atom stereocenters. The Balaban J connectivity index is 2.98. The lowest BCUT2D eigenvalue weighted by Crippen LogP contribution is -2.32. The molecule has 2 atom stereocenters. The fourth-order valence-corrected chi connectivity index (χ4v) is 3.03. The van der Waals surface area contributed by atoms with Crippen molar-refractivity contribution >= 4 is 26.5 Å². The minimum atomic E-state index is -3.71. The van der Waals surface area contributed by atoms with Gasteiger partial charge in [0.2, 0.25) is 10.0 Å². The van der Waals surface area contributed by atoms with Crippen LogP contribution in [0.1, 0.15) is 6.92 Å². The van der Waals surface area contributed by atoms with E-state index in [-0.39, 0.29) is 22.4 Å². The van der Waals surface area contributed by atoms with Gasteiger partial charge in [-0.3, -0.25) is 4.21 Å². The molecule has 0 saturated heterocycles. The number of nitrogen functional groups attached to an aromatic ring is 1. The number of rotatable bonds is 6. The Morgan fingerprint density at radius 3 is 2.63 bits per heavy atom. The molecule has 19 heavy (non-hydrogen) atoms. The molecule has 0 aromatic heterocycles. The average Bonchev–Trinajstić information content (AvgIpc) is 2.35. The zero-order chi connectivity index (χ0) is 14.6. The molecule has 0 aliphatic heterocycles. The summed E-state index contributed by atoms with van der Waals surface area (Å²) in [6.45, 7) is 1.80. The number of anilines is 1. The molecule has 0 saturated carbocycles. The van der Waals surface area contributed by atoms with Crippen LogP contribution in [-0.2, 0) is 20.8 Å². The van der Waals surface area contributed by atoms with E-state index in [2.05, 4.69) is 4.72 Å². The van der Waals surface area contributed by atoms with Gasteiger partial charge in [-0.2, -0.15) is 0 Å². The number of benzene rings is 1. The summed E-state index contributed by atoms with van der Waals surface area (Å²) in [5.74, 6) is 0.178. The summed E-state index contributed by atoms with van der Waals surface area (Å²) in [6.07, 6.45) is 1.53. The number of nitrogens with two attached hydrogens (primary N) is 1. The van der Waals surface area contributed by atoms with Crippen LogP contribution in [0.25, 0.3) is 0 Å². The molecule has 0 aliphatic rings. The van der Waals surface area contributed by atoms with E-state index >= 15 is 0 Å². The van der Waals surface area contributed by atoms with Crippen molar-refractivity contribution in [3.8, 4) is 5.75 Å². The summed E-state index contributed by atoms with van der Waals surface area (Å²) in [6, 6.07) is 4.30. The van der Waals surface area contributed by atoms with E-state index in [1.807, 2.05) is 0 Å². The van der Waals surface area contributed by atoms with E-state index in [1.54, 1.807) is 6.92 Å². The van der Waals surface area contributed by atoms with Gasteiger partial charge in [0.15, 0.2) is 0 Å². The van der Waals surface area contributed by atoms with Crippen molar-refractivity contribution in [2.45, 2.75) is 17.1 Å². The van der Waals surface area contributed by atoms with Crippen molar-refractivity contribution < 1.29 is 17.4 Å². The normalized spacial score (nSPS) is 14.9. The van der Waals surface area contributed by atoms with E-state index in [0.29, 0.717) is 5.69 Å². The number of ether oxygens (including phenoxy) is 1. The first-order valence-corrected chi connectivity index (χ1v) is 8.63. The molecule has 1 aromatic carbocycles. The second-order valence-corrected chi connectivity index (χ2v) is 7.61. The second kappa shape index (κ2) is 6.36. The van der Waals surface area contributed by atoms with Gasteiger partial charge >= 0.3 is 0 Å². The predicted molar refractivity (Wildman–Crippen MR) is 76.1 cm³/mol. The Labute approximate surface area is 115 Å². The summed E-state index contributed by atoms with van der Waals surface area (Å²) in [5, 5.41) is -0.269. The maximum atomic E-state index is 12.1. The summed E-state index contributed by atoms with van der Waals surface area (Å²) in [5.41, 5.74) is 5.99. The van der Waals surface area contributed by atoms with E-state index in [4.69, 9.17) is 10.5 Å². The Bertz CT molecular complexity index is 572. The number of hydrogen-bond acceptors (Lipinski definition) is 5. The van der Waals surface area contributed by atoms with Crippen molar-refractivity contribution in [3.63, 3.8) is 0 Å². The highest BCUT2D eigenvalue weighted by atomic mass is 32.2. The fraction of sp³-hybridized carbons (Fsp3) is 0.455. The lowest BCUT2D eigenvalue weighted by Gasteiger charge is -2.13. The maximum absolute atomic E-state index is 12.1. The van der Waals surface area contributed by atoms with E-state index < -0.39 is 20.8 Å². The molecule has 3 N–H and O–H groups in total. The van der Waals surface area contributed by atoms with Gasteiger partial charge in [-0.05, 0) is 19.1 Å². The number of methoxy groups -OCH3 is 1. The van der Waals surface area contributed by atoms with Crippen molar-refractivity contribution in [3.05, 3.63) is 18.2 Å². The molecule has 108 valence electrons. The van der Waals surface area contributed by atoms with Gasteiger partial charge in [0, 0.05) is 40.6 Å². The molecule has 0 heterocycles. The summed E-state index contributed by atoms with van der Waals surface area (Å²) in [4.78, 5) is 0.0123. The van der Waals surface area contributed by atoms with Crippen LogP contribution in [0.4, 0.5) is 5.69 Å². The lowest BCUT2D eigenvalue weighted by atomic mass is 10.3. The Kier molecular flexibility index (Phi) is 5.33. The smallest absolute Gasteiger partial charge is 0.244 e. The molecule has 1 aromatic rings. The van der Waals surface area contributed by atoms with Crippen LogP contribution in [0.15, 0.2) is 23.1 Å². The molecular formula is C11H18N2O4S2. The number of hydrogen-bond donors (Lipinski definition) is 2. The average molecular weight is 306 g/mol. The molecule has 0 spiro atoms. The number of sulfonamides is 1. The highest BCUT2D eigenvalue weighted by molar-refractivity contribution is 7.89. The Morgan fingerprint density at radius 2 is 2.11 bits per heavy atom. The SMILES string of the molecule is COc1cc(N)ccc1S(=O)(=O)NCC(C)S(C)=O. The third kappa shape index (κ3) is 4.19. The van der Waals surface area contributed by atoms with Gasteiger partial charge in [0.1, 0.15) is 10.6 Å². The van der Waals surface area contributed by atoms with Crippen LogP contribution in [0.2, 0.25) is 0 Å². The first-order chi connectivity index (χ1) is 8.77. The molecule has 0 fully saturated rings. The topological polar surface area (TPSA) is 98.5 Å². The van der Waals surface area contributed by atoms with Crippen LogP contribution >= 0.6 is 0 Å². The standard InChI is InChI=1S/C11H18N2O4S2/c1-8(18(3)14)7-13-19(15,16)11-5-4-9(12)6-10(11)17-2/h4-6,8,13H,7,12H2,1-3H3. The highest BCUT2D eigenvalue weighted by Gasteiger charge is 2.20. The first-order valence-electron chi connectivity index (χ1n) is 5.53. The van der Waals surface area contributed by atoms with Gasteiger partial charge in [0.05, 0.1) is 7.11 Å². The van der Waals surface area contributed by atoms with Crippen LogP contribution in [0.5, 0.6) is 5.75 Å². The molecule has 0 radical (unpaired) electrons. The number of nitrogens with one attached hydrogen (secondary N) is 1. The van der Waals surface area contributed by atoms with Crippen LogP contribution in [0, 0.1) is 0 Å². The molecule has 1 rings (SSSR count). The van der Waals surface area contributed by atoms with Gasteiger partial charge in [-0.25, -0.2) is 13.1 Å². The molecule has 0 bridgehead atoms. The Morgan fingerprint density at radius 1 is 1.47 bits per heavy atom. The Hall–Kier alpha value is -1.12. The zero-order valence-corrected chi connectivity index (χ0v) is 12.7. The lowest BCUT2D eigenvalue weighted by molar-refractivity contribution is 0.402. The third-order valence-corrected chi connectivity index (χ3v) is 5.37. The summed E-state index contributed by atoms with van der Waals surface area (Å²) < 4.78 is 42.9. The van der Waals surface area contributed by atoms with Crippen molar-refractivity contribution in [2.75, 3.05) is 25.6 Å². The highest BCUT2D eigenvalue weighted by Crippen LogP contribution is 2.25. The van der Waals surface area contributed by atoms with Crippen LogP contribution in [0.3, 0.4) is 0 Å². The summed E-state index contributed by atoms with van der Waals surface area (Å²) in [7, 11) is -3.43. The second-order valence-electron chi connectivity index (χ2n) is 4.07. The quantitative estimate of drug-likeness (QED) is 0.738. The van der Waals surface area contributed by atoms with Gasteiger partial charge in [-0.15, -0.1) is 0 Å². The van der Waals surface area contributed by atoms with E-state index in [0.717, 1.165) is 0 Å². The van der Waals surface area contributed by atoms with Gasteiger partial charge in [0.25, 0.3) is 0 Å². The van der Waals surface area contributed by atoms with Gasteiger partial charge in [-0.1, -0.05) is 0 Å². The van der Waals surface area contributed by atoms with Crippen molar-refractivity contribution in [2.24, 2.45) is 0 Å². The van der Waals surface area contributed by atoms with Gasteiger partial charge < -0.3 is 10.5 Å². The maximum Gasteiger partial charge on any atom is 0.244 e. The van der Waals surface area contributed by atoms with Crippen LogP contribution < -0.4 is 15.2 Å². The molecule has 0 aliphatic carbocycles. The minimum Gasteiger partial charge on any atom is -0.495 e. The van der Waals surface area contributed by atoms with E-state index in [9.17, 15) is 12.6 Å². The monoisotopic (exact) mass is 306 g/mol. The fourth-order valence-electron chi connectivity index (χ4n) is 1.33. The zero-order valence-electron chi connectivity index (χ0n) is 11.0. The summed E-state index contributed by atoms with van der Waals surface area (Å²) >= 11 is 0. The van der Waals surface area contributed by atoms with Crippen molar-refractivity contribution in [1.29, 1.82) is 0 Å². The molecule has 0 amide bonds. The predicted octanol–water partition coefficient (Wildman–Crippen LogP) is 0.323. The first kappa shape index (κ1) is 15.9. The van der Waals surface area contributed by atoms with Crippen molar-refractivity contribution in [1.82, 2.24) is 4.72 Å². The van der Waals surface area contributed by atoms with E-state index in [1.165, 1.54) is 31.6 Å². The minimum absolute atomic E-state index is 0.0123.